The molecule has 9 N–H and O–H groups in total. The van der Waals surface area contributed by atoms with E-state index in [1.807, 2.05) is 0 Å². The molecule has 4 saturated carbocycles. The summed E-state index contributed by atoms with van der Waals surface area (Å²) in [6, 6.07) is 0. The molecular formula is C47H74O17. The Bertz CT molecular complexity index is 1810. The molecule has 8 aliphatic rings. The molecule has 17 heteroatoms. The Morgan fingerprint density at radius 2 is 1.33 bits per heavy atom. The van der Waals surface area contributed by atoms with Crippen LogP contribution in [0.1, 0.15) is 120 Å². The lowest BCUT2D eigenvalue weighted by Gasteiger charge is -2.71. The molecule has 17 nitrogen and oxygen atoms in total. The number of allylic oxidation sites excluding steroid dienone is 2. The molecule has 0 aromatic rings. The number of ether oxygens (including phenoxy) is 6. The van der Waals surface area contributed by atoms with E-state index in [4.69, 9.17) is 28.4 Å². The monoisotopic (exact) mass is 910 g/mol. The van der Waals surface area contributed by atoms with Crippen molar-refractivity contribution in [3.63, 3.8) is 0 Å². The van der Waals surface area contributed by atoms with Gasteiger partial charge >= 0.3 is 11.9 Å². The van der Waals surface area contributed by atoms with Crippen LogP contribution in [-0.4, -0.2) is 157 Å². The van der Waals surface area contributed by atoms with Gasteiger partial charge in [-0.15, -0.1) is 0 Å². The molecule has 3 saturated heterocycles. The lowest BCUT2D eigenvalue weighted by molar-refractivity contribution is -0.350. The molecule has 0 aromatic carbocycles. The van der Waals surface area contributed by atoms with E-state index in [1.54, 1.807) is 0 Å². The molecule has 0 bridgehead atoms. The molecule has 364 valence electrons. The third kappa shape index (κ3) is 7.45. The van der Waals surface area contributed by atoms with Crippen LogP contribution >= 0.6 is 0 Å². The second kappa shape index (κ2) is 16.7. The number of aliphatic hydroxyl groups is 8. The van der Waals surface area contributed by atoms with Gasteiger partial charge in [0.1, 0.15) is 48.8 Å². The van der Waals surface area contributed by atoms with Gasteiger partial charge in [-0.05, 0) is 116 Å². The van der Waals surface area contributed by atoms with Crippen LogP contribution in [0.15, 0.2) is 11.6 Å². The molecule has 0 amide bonds. The maximum Gasteiger partial charge on any atom is 0.335 e. The summed E-state index contributed by atoms with van der Waals surface area (Å²) in [5.74, 6) is -1.63. The van der Waals surface area contributed by atoms with Crippen LogP contribution in [0, 0.1) is 50.2 Å². The number of carbonyl (C=O) groups is 2. The van der Waals surface area contributed by atoms with E-state index in [1.165, 1.54) is 12.5 Å². The molecule has 0 spiro atoms. The minimum Gasteiger partial charge on any atom is -0.479 e. The number of carboxylic acid groups (broad SMARTS) is 1. The number of hydrogen-bond acceptors (Lipinski definition) is 16. The minimum atomic E-state index is -1.80. The quantitative estimate of drug-likeness (QED) is 0.100. The van der Waals surface area contributed by atoms with Gasteiger partial charge in [0, 0.05) is 0 Å². The number of aliphatic hydroxyl groups excluding tert-OH is 8. The van der Waals surface area contributed by atoms with E-state index >= 15 is 4.79 Å². The summed E-state index contributed by atoms with van der Waals surface area (Å²) >= 11 is 0. The molecular weight excluding hydrogens is 836 g/mol. The fraction of sp³-hybridized carbons (Fsp3) is 0.915. The smallest absolute Gasteiger partial charge is 0.335 e. The van der Waals surface area contributed by atoms with Crippen molar-refractivity contribution in [1.29, 1.82) is 0 Å². The van der Waals surface area contributed by atoms with Crippen molar-refractivity contribution in [2.75, 3.05) is 6.61 Å². The zero-order chi connectivity index (χ0) is 46.9. The number of hydrogen-bond donors (Lipinski definition) is 9. The Kier molecular flexibility index (Phi) is 12.7. The molecule has 22 atom stereocenters. The summed E-state index contributed by atoms with van der Waals surface area (Å²) in [6.07, 6.45) is -12.0. The molecule has 0 radical (unpaired) electrons. The first-order valence-corrected chi connectivity index (χ1v) is 23.6. The maximum absolute atomic E-state index is 15.0. The van der Waals surface area contributed by atoms with Gasteiger partial charge in [0.05, 0.1) is 24.2 Å². The van der Waals surface area contributed by atoms with Gasteiger partial charge in [-0.2, -0.15) is 0 Å². The van der Waals surface area contributed by atoms with Crippen molar-refractivity contribution in [3.8, 4) is 0 Å². The first-order valence-electron chi connectivity index (χ1n) is 23.6. The topological polar surface area (TPSA) is 272 Å². The summed E-state index contributed by atoms with van der Waals surface area (Å²) in [5.41, 5.74) is -0.692. The fourth-order valence-corrected chi connectivity index (χ4v) is 14.7. The standard InChI is InChI=1S/C47H74O17/c1-21-28(49)30(51)33(54)38(60-21)63-36-29(50)24(48)20-59-40(36)64-41(58)47-17-15-42(2,3)19-23(47)22-9-10-26-44(6)13-12-27(61-39-34(55)31(52)32(53)35(62-39)37(56)57)43(4,5)25(44)11-14-46(26,8)45(22,7)16-18-47/h9,21,23-36,38-40,48-55H,10-20H2,1-8H3,(H,56,57)/t21-,23-,24-,25+,26-,27-,28-,29-,30+,31-,32-,33+,34+,35-,36+,38-,39+,40-,44-,45+,46+,47-/m0/s1. The first-order chi connectivity index (χ1) is 29.7. The predicted octanol–water partition coefficient (Wildman–Crippen LogP) is 1.90. The summed E-state index contributed by atoms with van der Waals surface area (Å²) < 4.78 is 35.7. The second-order valence-electron chi connectivity index (χ2n) is 23.0. The highest BCUT2D eigenvalue weighted by Gasteiger charge is 2.70. The third-order valence-electron chi connectivity index (χ3n) is 18.8. The molecule has 3 heterocycles. The van der Waals surface area contributed by atoms with E-state index in [-0.39, 0.29) is 46.0 Å². The molecule has 0 aromatic heterocycles. The van der Waals surface area contributed by atoms with Crippen LogP contribution in [0.5, 0.6) is 0 Å². The lowest BCUT2D eigenvalue weighted by Crippen LogP contribution is -2.66. The Labute approximate surface area is 375 Å². The molecule has 7 fully saturated rings. The van der Waals surface area contributed by atoms with Crippen LogP contribution in [0.4, 0.5) is 0 Å². The van der Waals surface area contributed by atoms with E-state index in [2.05, 4.69) is 54.5 Å². The number of carbonyl (C=O) groups excluding carboxylic acids is 1. The summed E-state index contributed by atoms with van der Waals surface area (Å²) in [4.78, 5) is 26.9. The van der Waals surface area contributed by atoms with Gasteiger partial charge in [-0.3, -0.25) is 4.79 Å². The van der Waals surface area contributed by atoms with Crippen molar-refractivity contribution in [2.45, 2.75) is 212 Å². The summed E-state index contributed by atoms with van der Waals surface area (Å²) in [5, 5.41) is 94.5. The normalized spacial score (nSPS) is 53.3. The average molecular weight is 911 g/mol. The fourth-order valence-electron chi connectivity index (χ4n) is 14.7. The SMILES string of the molecule is C[C@@H]1O[C@@H](O[C@H]2[C@H](OC(=O)[C@]34CCC(C)(C)C[C@H]3C3=CC[C@H]5[C@@]6(C)CC[C@H](O[C@@H]7O[C@H](C(=O)O)[C@@H](O)[C@H](O)[C@H]7O)C(C)(C)[C@H]6CC[C@@]5(C)[C@]3(C)CC4)OC[C@H](O)[C@@H]2O)[C@H](O)[C@H](O)[C@H]1O. The van der Waals surface area contributed by atoms with E-state index < -0.39 is 115 Å². The molecule has 8 rings (SSSR count). The van der Waals surface area contributed by atoms with Gasteiger partial charge in [0.2, 0.25) is 6.29 Å². The minimum absolute atomic E-state index is 0.0740. The highest BCUT2D eigenvalue weighted by Crippen LogP contribution is 2.76. The van der Waals surface area contributed by atoms with Crippen molar-refractivity contribution < 1.29 is 84.0 Å². The van der Waals surface area contributed by atoms with Crippen molar-refractivity contribution in [1.82, 2.24) is 0 Å². The molecule has 5 aliphatic carbocycles. The van der Waals surface area contributed by atoms with Gasteiger partial charge in [-0.1, -0.05) is 60.1 Å². The van der Waals surface area contributed by atoms with Gasteiger partial charge in [0.25, 0.3) is 0 Å². The number of aliphatic carboxylic acids is 1. The van der Waals surface area contributed by atoms with E-state index in [9.17, 15) is 50.8 Å². The molecule has 0 unspecified atom stereocenters. The molecule has 64 heavy (non-hydrogen) atoms. The van der Waals surface area contributed by atoms with Crippen LogP contribution in [0.25, 0.3) is 0 Å². The maximum atomic E-state index is 15.0. The van der Waals surface area contributed by atoms with E-state index in [0.29, 0.717) is 19.3 Å². The number of esters is 1. The molecule has 3 aliphatic heterocycles. The third-order valence-corrected chi connectivity index (χ3v) is 18.8. The Morgan fingerprint density at radius 1 is 0.688 bits per heavy atom. The Balaban J connectivity index is 1.05. The van der Waals surface area contributed by atoms with Crippen molar-refractivity contribution in [2.24, 2.45) is 50.2 Å². The Morgan fingerprint density at radius 3 is 2.00 bits per heavy atom. The number of rotatable bonds is 7. The summed E-state index contributed by atoms with van der Waals surface area (Å²) in [6.45, 7) is 17.2. The van der Waals surface area contributed by atoms with Gasteiger partial charge in [-0.25, -0.2) is 4.79 Å². The first kappa shape index (κ1) is 48.6. The number of carboxylic acids is 1. The zero-order valence-corrected chi connectivity index (χ0v) is 38.5. The lowest BCUT2D eigenvalue weighted by atomic mass is 9.33. The van der Waals surface area contributed by atoms with Crippen molar-refractivity contribution in [3.05, 3.63) is 11.6 Å². The average Bonchev–Trinajstić information content (AvgIpc) is 3.22. The number of fused-ring (bicyclic) bond motifs is 7. The highest BCUT2D eigenvalue weighted by molar-refractivity contribution is 5.79. The van der Waals surface area contributed by atoms with Crippen LogP contribution in [-0.2, 0) is 38.0 Å². The van der Waals surface area contributed by atoms with Crippen LogP contribution in [0.2, 0.25) is 0 Å². The Hall–Kier alpha value is -1.84. The van der Waals surface area contributed by atoms with Crippen molar-refractivity contribution >= 4 is 11.9 Å². The summed E-state index contributed by atoms with van der Waals surface area (Å²) in [7, 11) is 0. The predicted molar refractivity (Wildman–Crippen MR) is 223 cm³/mol. The van der Waals surface area contributed by atoms with E-state index in [0.717, 1.165) is 44.9 Å². The van der Waals surface area contributed by atoms with Gasteiger partial charge < -0.3 is 74.4 Å². The largest absolute Gasteiger partial charge is 0.479 e. The van der Waals surface area contributed by atoms with Gasteiger partial charge in [0.15, 0.2) is 24.8 Å². The highest BCUT2D eigenvalue weighted by atomic mass is 16.8. The van der Waals surface area contributed by atoms with Crippen LogP contribution < -0.4 is 0 Å². The zero-order valence-electron chi connectivity index (χ0n) is 38.5. The van der Waals surface area contributed by atoms with Crippen LogP contribution in [0.3, 0.4) is 0 Å². The second-order valence-corrected chi connectivity index (χ2v) is 23.0.